The number of nitrogens with zero attached hydrogens (tertiary/aromatic N) is 2. The van der Waals surface area contributed by atoms with E-state index in [1.54, 1.807) is 0 Å². The molecule has 0 saturated carbocycles. The van der Waals surface area contributed by atoms with Crippen LogP contribution in [0.4, 0.5) is 8.78 Å². The summed E-state index contributed by atoms with van der Waals surface area (Å²) in [6.07, 6.45) is 1.84. The van der Waals surface area contributed by atoms with Crippen LogP contribution in [0.5, 0.6) is 0 Å². The van der Waals surface area contributed by atoms with E-state index in [-0.39, 0.29) is 15.9 Å². The summed E-state index contributed by atoms with van der Waals surface area (Å²) in [5, 5.41) is 3.79. The molecule has 0 bridgehead atoms. The highest BCUT2D eigenvalue weighted by molar-refractivity contribution is 9.10. The second-order valence-corrected chi connectivity index (χ2v) is 3.77. The van der Waals surface area contributed by atoms with Crippen LogP contribution in [0.15, 0.2) is 29.0 Å². The first-order valence-corrected chi connectivity index (χ1v) is 5.07. The number of benzene rings is 1. The molecule has 16 heavy (non-hydrogen) atoms. The van der Waals surface area contributed by atoms with E-state index < -0.39 is 11.6 Å². The number of hydrogen-bond acceptors (Lipinski definition) is 2. The van der Waals surface area contributed by atoms with Crippen LogP contribution in [0.2, 0.25) is 0 Å². The maximum absolute atomic E-state index is 13.4. The van der Waals surface area contributed by atoms with Gasteiger partial charge in [0.2, 0.25) is 0 Å². The van der Waals surface area contributed by atoms with Crippen molar-refractivity contribution in [1.29, 1.82) is 0 Å². The molecule has 0 fully saturated rings. The first-order valence-electron chi connectivity index (χ1n) is 4.27. The molecule has 0 radical (unpaired) electrons. The molecule has 0 saturated heterocycles. The van der Waals surface area contributed by atoms with E-state index in [2.05, 4.69) is 21.0 Å². The van der Waals surface area contributed by atoms with Crippen molar-refractivity contribution in [3.05, 3.63) is 46.2 Å². The number of halogens is 3. The number of carbonyl (C=O) groups excluding carboxylic acids is 1. The highest BCUT2D eigenvalue weighted by atomic mass is 79.9. The minimum Gasteiger partial charge on any atom is -0.298 e. The van der Waals surface area contributed by atoms with Gasteiger partial charge < -0.3 is 0 Å². The van der Waals surface area contributed by atoms with Gasteiger partial charge in [0.15, 0.2) is 6.29 Å². The first-order chi connectivity index (χ1) is 7.63. The van der Waals surface area contributed by atoms with Gasteiger partial charge in [0.05, 0.1) is 11.8 Å². The lowest BCUT2D eigenvalue weighted by Gasteiger charge is -2.04. The largest absolute Gasteiger partial charge is 0.298 e. The summed E-state index contributed by atoms with van der Waals surface area (Å²) in [6, 6.07) is 3.01. The normalized spacial score (nSPS) is 10.4. The van der Waals surface area contributed by atoms with E-state index in [0.717, 1.165) is 22.9 Å². The Balaban J connectivity index is 2.62. The predicted molar refractivity (Wildman–Crippen MR) is 56.6 cm³/mol. The number of aromatic nitrogens is 2. The maximum Gasteiger partial charge on any atom is 0.154 e. The molecule has 0 spiro atoms. The van der Waals surface area contributed by atoms with E-state index in [4.69, 9.17) is 0 Å². The molecule has 0 aliphatic heterocycles. The molecule has 1 heterocycles. The molecule has 82 valence electrons. The average Bonchev–Trinajstić information content (AvgIpc) is 2.63. The maximum atomic E-state index is 13.4. The van der Waals surface area contributed by atoms with Crippen molar-refractivity contribution in [1.82, 2.24) is 9.78 Å². The zero-order valence-corrected chi connectivity index (χ0v) is 9.41. The Kier molecular flexibility index (Phi) is 2.82. The smallest absolute Gasteiger partial charge is 0.154 e. The van der Waals surface area contributed by atoms with Crippen molar-refractivity contribution in [2.45, 2.75) is 0 Å². The molecule has 0 aliphatic rings. The van der Waals surface area contributed by atoms with Crippen LogP contribution in [0, 0.1) is 11.6 Å². The van der Waals surface area contributed by atoms with Crippen molar-refractivity contribution < 1.29 is 13.6 Å². The molecule has 0 atom stereocenters. The average molecular weight is 287 g/mol. The number of hydrogen-bond donors (Lipinski definition) is 0. The third-order valence-electron chi connectivity index (χ3n) is 2.00. The SMILES string of the molecule is O=Cc1cnn(-c2cc(F)ccc2F)c1Br. The predicted octanol–water partition coefficient (Wildman–Crippen LogP) is 2.73. The minimum atomic E-state index is -0.623. The highest BCUT2D eigenvalue weighted by Gasteiger charge is 2.13. The van der Waals surface area contributed by atoms with E-state index in [9.17, 15) is 13.6 Å². The Morgan fingerprint density at radius 1 is 1.38 bits per heavy atom. The van der Waals surface area contributed by atoms with Gasteiger partial charge in [-0.1, -0.05) is 0 Å². The van der Waals surface area contributed by atoms with Gasteiger partial charge in [0.25, 0.3) is 0 Å². The number of aldehydes is 1. The van der Waals surface area contributed by atoms with Crippen LogP contribution in [0.25, 0.3) is 5.69 Å². The Hall–Kier alpha value is -1.56. The molecular formula is C10H5BrF2N2O. The summed E-state index contributed by atoms with van der Waals surface area (Å²) in [5.74, 6) is -1.20. The Labute approximate surface area is 97.8 Å². The van der Waals surface area contributed by atoms with Gasteiger partial charge in [-0.2, -0.15) is 5.10 Å². The van der Waals surface area contributed by atoms with Gasteiger partial charge in [-0.25, -0.2) is 13.5 Å². The van der Waals surface area contributed by atoms with Crippen LogP contribution in [-0.4, -0.2) is 16.1 Å². The second kappa shape index (κ2) is 4.13. The quantitative estimate of drug-likeness (QED) is 0.796. The molecule has 0 amide bonds. The summed E-state index contributed by atoms with van der Waals surface area (Å²) in [5.41, 5.74) is 0.212. The minimum absolute atomic E-state index is 0.0556. The Bertz CT molecular complexity index is 554. The van der Waals surface area contributed by atoms with Gasteiger partial charge in [-0.15, -0.1) is 0 Å². The van der Waals surface area contributed by atoms with Gasteiger partial charge >= 0.3 is 0 Å². The van der Waals surface area contributed by atoms with E-state index >= 15 is 0 Å². The summed E-state index contributed by atoms with van der Waals surface area (Å²) in [4.78, 5) is 10.6. The zero-order valence-electron chi connectivity index (χ0n) is 7.82. The zero-order chi connectivity index (χ0) is 11.7. The first kappa shape index (κ1) is 10.9. The summed E-state index contributed by atoms with van der Waals surface area (Å²) < 4.78 is 27.8. The Morgan fingerprint density at radius 2 is 2.12 bits per heavy atom. The Morgan fingerprint density at radius 3 is 2.75 bits per heavy atom. The van der Waals surface area contributed by atoms with Gasteiger partial charge in [0.1, 0.15) is 21.9 Å². The fraction of sp³-hybridized carbons (Fsp3) is 0. The van der Waals surface area contributed by atoms with E-state index in [1.807, 2.05) is 0 Å². The molecule has 1 aromatic carbocycles. The monoisotopic (exact) mass is 286 g/mol. The molecule has 6 heteroatoms. The van der Waals surface area contributed by atoms with Gasteiger partial charge in [0, 0.05) is 6.07 Å². The third kappa shape index (κ3) is 1.76. The van der Waals surface area contributed by atoms with Crippen molar-refractivity contribution in [3.63, 3.8) is 0 Å². The van der Waals surface area contributed by atoms with Gasteiger partial charge in [-0.3, -0.25) is 4.79 Å². The summed E-state index contributed by atoms with van der Waals surface area (Å²) in [7, 11) is 0. The summed E-state index contributed by atoms with van der Waals surface area (Å²) >= 11 is 3.09. The highest BCUT2D eigenvalue weighted by Crippen LogP contribution is 2.22. The van der Waals surface area contributed by atoms with E-state index in [1.165, 1.54) is 6.20 Å². The van der Waals surface area contributed by atoms with Crippen LogP contribution in [0.1, 0.15) is 10.4 Å². The molecule has 1 aromatic heterocycles. The lowest BCUT2D eigenvalue weighted by Crippen LogP contribution is -2.01. The second-order valence-electron chi connectivity index (χ2n) is 3.02. The van der Waals surface area contributed by atoms with Crippen molar-refractivity contribution in [2.24, 2.45) is 0 Å². The van der Waals surface area contributed by atoms with Crippen molar-refractivity contribution in [2.75, 3.05) is 0 Å². The molecule has 0 N–H and O–H groups in total. The molecule has 0 aliphatic carbocycles. The van der Waals surface area contributed by atoms with Crippen molar-refractivity contribution >= 4 is 22.2 Å². The topological polar surface area (TPSA) is 34.9 Å². The molecule has 2 aromatic rings. The van der Waals surface area contributed by atoms with Crippen LogP contribution in [-0.2, 0) is 0 Å². The lowest BCUT2D eigenvalue weighted by atomic mass is 10.3. The molecule has 2 rings (SSSR count). The standard InChI is InChI=1S/C10H5BrF2N2O/c11-10-6(5-16)4-14-15(10)9-3-7(12)1-2-8(9)13/h1-5H. The fourth-order valence-electron chi connectivity index (χ4n) is 1.24. The molecular weight excluding hydrogens is 282 g/mol. The van der Waals surface area contributed by atoms with Crippen molar-refractivity contribution in [3.8, 4) is 5.69 Å². The van der Waals surface area contributed by atoms with Crippen LogP contribution < -0.4 is 0 Å². The van der Waals surface area contributed by atoms with E-state index in [0.29, 0.717) is 6.29 Å². The third-order valence-corrected chi connectivity index (χ3v) is 2.79. The summed E-state index contributed by atoms with van der Waals surface area (Å²) in [6.45, 7) is 0. The number of carbonyl (C=O) groups is 1. The fourth-order valence-corrected chi connectivity index (χ4v) is 1.72. The lowest BCUT2D eigenvalue weighted by molar-refractivity contribution is 0.112. The van der Waals surface area contributed by atoms with Crippen LogP contribution >= 0.6 is 15.9 Å². The molecule has 3 nitrogen and oxygen atoms in total. The van der Waals surface area contributed by atoms with Crippen LogP contribution in [0.3, 0.4) is 0 Å². The molecule has 0 unspecified atom stereocenters. The van der Waals surface area contributed by atoms with Gasteiger partial charge in [-0.05, 0) is 28.1 Å². The number of rotatable bonds is 2.